The number of halogens is 1. The SMILES string of the molecule is O=NC(Cl)c1ccccc1C(=O)O. The Balaban J connectivity index is 3.19. The number of benzene rings is 1. The van der Waals surface area contributed by atoms with Crippen molar-refractivity contribution in [2.75, 3.05) is 0 Å². The first kappa shape index (κ1) is 9.67. The molecule has 1 aromatic rings. The van der Waals surface area contributed by atoms with E-state index < -0.39 is 11.5 Å². The molecule has 0 radical (unpaired) electrons. The molecule has 0 bridgehead atoms. The Morgan fingerprint density at radius 2 is 2.08 bits per heavy atom. The Morgan fingerprint density at radius 3 is 2.62 bits per heavy atom. The second kappa shape index (κ2) is 4.00. The Morgan fingerprint density at radius 1 is 1.46 bits per heavy atom. The molecular formula is C8H6ClNO3. The summed E-state index contributed by atoms with van der Waals surface area (Å²) in [5.41, 5.74) is -0.930. The van der Waals surface area contributed by atoms with Gasteiger partial charge in [0.15, 0.2) is 5.50 Å². The summed E-state index contributed by atoms with van der Waals surface area (Å²) in [5.74, 6) is -1.12. The van der Waals surface area contributed by atoms with Crippen LogP contribution >= 0.6 is 11.6 Å². The third-order valence-corrected chi connectivity index (χ3v) is 1.86. The van der Waals surface area contributed by atoms with E-state index in [0.29, 0.717) is 0 Å². The molecule has 0 spiro atoms. The smallest absolute Gasteiger partial charge is 0.336 e. The second-order valence-corrected chi connectivity index (χ2v) is 2.75. The molecule has 13 heavy (non-hydrogen) atoms. The highest BCUT2D eigenvalue weighted by Gasteiger charge is 2.16. The second-order valence-electron chi connectivity index (χ2n) is 2.33. The van der Waals surface area contributed by atoms with Gasteiger partial charge >= 0.3 is 5.97 Å². The molecule has 1 unspecified atom stereocenters. The number of rotatable bonds is 3. The van der Waals surface area contributed by atoms with Crippen LogP contribution < -0.4 is 0 Å². The topological polar surface area (TPSA) is 66.7 Å². The van der Waals surface area contributed by atoms with Gasteiger partial charge < -0.3 is 5.11 Å². The molecule has 0 aliphatic heterocycles. The van der Waals surface area contributed by atoms with Gasteiger partial charge in [0.1, 0.15) is 0 Å². The van der Waals surface area contributed by atoms with E-state index in [2.05, 4.69) is 5.18 Å². The van der Waals surface area contributed by atoms with Crippen LogP contribution in [0.3, 0.4) is 0 Å². The van der Waals surface area contributed by atoms with E-state index in [-0.39, 0.29) is 11.1 Å². The zero-order chi connectivity index (χ0) is 9.84. The first-order valence-electron chi connectivity index (χ1n) is 3.45. The lowest BCUT2D eigenvalue weighted by atomic mass is 10.1. The van der Waals surface area contributed by atoms with Gasteiger partial charge in [0.25, 0.3) is 0 Å². The van der Waals surface area contributed by atoms with Gasteiger partial charge in [-0.2, -0.15) is 0 Å². The minimum Gasteiger partial charge on any atom is -0.478 e. The highest BCUT2D eigenvalue weighted by molar-refractivity contribution is 6.21. The van der Waals surface area contributed by atoms with Crippen LogP contribution in [0.2, 0.25) is 0 Å². The number of carboxylic acids is 1. The highest BCUT2D eigenvalue weighted by Crippen LogP contribution is 2.24. The van der Waals surface area contributed by atoms with Crippen molar-refractivity contribution in [3.05, 3.63) is 40.3 Å². The van der Waals surface area contributed by atoms with Crippen molar-refractivity contribution in [1.29, 1.82) is 0 Å². The van der Waals surface area contributed by atoms with Crippen molar-refractivity contribution in [1.82, 2.24) is 0 Å². The maximum atomic E-state index is 10.6. The van der Waals surface area contributed by atoms with Gasteiger partial charge in [-0.25, -0.2) is 4.79 Å². The van der Waals surface area contributed by atoms with E-state index in [1.165, 1.54) is 12.1 Å². The van der Waals surface area contributed by atoms with E-state index in [0.717, 1.165) is 0 Å². The molecule has 1 atom stereocenters. The molecule has 0 aromatic heterocycles. The van der Waals surface area contributed by atoms with E-state index in [4.69, 9.17) is 16.7 Å². The number of hydrogen-bond acceptors (Lipinski definition) is 3. The number of hydrogen-bond donors (Lipinski definition) is 1. The average molecular weight is 200 g/mol. The Labute approximate surface area is 79.1 Å². The molecule has 1 aromatic carbocycles. The molecule has 5 heteroatoms. The van der Waals surface area contributed by atoms with Gasteiger partial charge in [-0.05, 0) is 11.2 Å². The fourth-order valence-corrected chi connectivity index (χ4v) is 1.15. The van der Waals surface area contributed by atoms with Crippen molar-refractivity contribution in [2.45, 2.75) is 5.50 Å². The number of carbonyl (C=O) groups is 1. The summed E-state index contributed by atoms with van der Waals surface area (Å²) in [6.07, 6.45) is 0. The molecular weight excluding hydrogens is 194 g/mol. The van der Waals surface area contributed by atoms with Crippen molar-refractivity contribution in [2.24, 2.45) is 5.18 Å². The lowest BCUT2D eigenvalue weighted by Gasteiger charge is -2.04. The first-order chi connectivity index (χ1) is 6.16. The molecule has 0 saturated carbocycles. The predicted octanol–water partition coefficient (Wildman–Crippen LogP) is 2.39. The van der Waals surface area contributed by atoms with Crippen LogP contribution in [-0.4, -0.2) is 11.1 Å². The van der Waals surface area contributed by atoms with Crippen LogP contribution in [0, 0.1) is 4.91 Å². The molecule has 1 N–H and O–H groups in total. The lowest BCUT2D eigenvalue weighted by molar-refractivity contribution is 0.0695. The van der Waals surface area contributed by atoms with Crippen LogP contribution in [0.1, 0.15) is 21.4 Å². The Hall–Kier alpha value is -1.42. The Bertz CT molecular complexity index is 340. The molecule has 0 saturated heterocycles. The summed E-state index contributed by atoms with van der Waals surface area (Å²) in [4.78, 5) is 20.7. The molecule has 68 valence electrons. The minimum absolute atomic E-state index is 0.00194. The standard InChI is InChI=1S/C8H6ClNO3/c9-7(10-13)5-3-1-2-4-6(5)8(11)12/h1-4,7H,(H,11,12). The molecule has 0 aliphatic carbocycles. The summed E-state index contributed by atoms with van der Waals surface area (Å²) in [6.45, 7) is 0. The van der Waals surface area contributed by atoms with E-state index >= 15 is 0 Å². The van der Waals surface area contributed by atoms with Crippen LogP contribution in [-0.2, 0) is 0 Å². The summed E-state index contributed by atoms with van der Waals surface area (Å²) in [5, 5.41) is 11.3. The summed E-state index contributed by atoms with van der Waals surface area (Å²) >= 11 is 5.50. The fourth-order valence-electron chi connectivity index (χ4n) is 0.956. The van der Waals surface area contributed by atoms with Crippen molar-refractivity contribution >= 4 is 17.6 Å². The maximum Gasteiger partial charge on any atom is 0.336 e. The number of carboxylic acid groups (broad SMARTS) is 1. The van der Waals surface area contributed by atoms with Gasteiger partial charge in [-0.1, -0.05) is 29.8 Å². The quantitative estimate of drug-likeness (QED) is 0.462. The van der Waals surface area contributed by atoms with Crippen molar-refractivity contribution < 1.29 is 9.90 Å². The third kappa shape index (κ3) is 2.03. The largest absolute Gasteiger partial charge is 0.478 e. The number of alkyl halides is 1. The third-order valence-electron chi connectivity index (χ3n) is 1.54. The number of nitrogens with zero attached hydrogens (tertiary/aromatic N) is 1. The van der Waals surface area contributed by atoms with Gasteiger partial charge in [-0.15, -0.1) is 4.91 Å². The summed E-state index contributed by atoms with van der Waals surface area (Å²) in [6, 6.07) is 5.99. The molecule has 4 nitrogen and oxygen atoms in total. The lowest BCUT2D eigenvalue weighted by Crippen LogP contribution is -2.02. The average Bonchev–Trinajstić information content (AvgIpc) is 2.16. The van der Waals surface area contributed by atoms with Gasteiger partial charge in [0.2, 0.25) is 0 Å². The zero-order valence-corrected chi connectivity index (χ0v) is 7.23. The van der Waals surface area contributed by atoms with Crippen molar-refractivity contribution in [3.63, 3.8) is 0 Å². The normalized spacial score (nSPS) is 12.1. The molecule has 0 fully saturated rings. The van der Waals surface area contributed by atoms with Crippen LogP contribution in [0.15, 0.2) is 29.4 Å². The monoisotopic (exact) mass is 199 g/mol. The molecule has 0 heterocycles. The van der Waals surface area contributed by atoms with Crippen molar-refractivity contribution in [3.8, 4) is 0 Å². The van der Waals surface area contributed by atoms with Gasteiger partial charge in [0.05, 0.1) is 5.56 Å². The minimum atomic E-state index is -1.15. The van der Waals surface area contributed by atoms with Gasteiger partial charge in [-0.3, -0.25) is 0 Å². The van der Waals surface area contributed by atoms with Crippen LogP contribution in [0.5, 0.6) is 0 Å². The zero-order valence-electron chi connectivity index (χ0n) is 6.48. The molecule has 0 aliphatic rings. The summed E-state index contributed by atoms with van der Waals surface area (Å²) in [7, 11) is 0. The summed E-state index contributed by atoms with van der Waals surface area (Å²) < 4.78 is 0. The number of aromatic carboxylic acids is 1. The maximum absolute atomic E-state index is 10.6. The first-order valence-corrected chi connectivity index (χ1v) is 3.89. The van der Waals surface area contributed by atoms with Crippen LogP contribution in [0.25, 0.3) is 0 Å². The molecule has 1 rings (SSSR count). The van der Waals surface area contributed by atoms with E-state index in [1.54, 1.807) is 12.1 Å². The Kier molecular flexibility index (Phi) is 2.97. The molecule has 0 amide bonds. The highest BCUT2D eigenvalue weighted by atomic mass is 35.5. The number of nitroso groups, excluding NO2 is 1. The fraction of sp³-hybridized carbons (Fsp3) is 0.125. The van der Waals surface area contributed by atoms with E-state index in [1.807, 2.05) is 0 Å². The van der Waals surface area contributed by atoms with Crippen LogP contribution in [0.4, 0.5) is 0 Å². The predicted molar refractivity (Wildman–Crippen MR) is 47.8 cm³/mol. The van der Waals surface area contributed by atoms with Gasteiger partial charge in [0, 0.05) is 5.56 Å². The van der Waals surface area contributed by atoms with E-state index in [9.17, 15) is 9.70 Å².